The fourth-order valence-corrected chi connectivity index (χ4v) is 7.61. The summed E-state index contributed by atoms with van der Waals surface area (Å²) in [6, 6.07) is 4.45. The lowest BCUT2D eigenvalue weighted by Crippen LogP contribution is -2.57. The number of alkyl halides is 2. The predicted octanol–water partition coefficient (Wildman–Crippen LogP) is 3.40. The number of amides is 1. The minimum Gasteiger partial charge on any atom is -0.377 e. The van der Waals surface area contributed by atoms with E-state index in [-0.39, 0.29) is 39.5 Å². The second-order valence-electron chi connectivity index (χ2n) is 10.9. The van der Waals surface area contributed by atoms with Crippen LogP contribution in [0.3, 0.4) is 0 Å². The van der Waals surface area contributed by atoms with Crippen LogP contribution in [0.4, 0.5) is 8.78 Å². The van der Waals surface area contributed by atoms with Gasteiger partial charge in [-0.1, -0.05) is 31.3 Å². The number of aromatic nitrogens is 4. The summed E-state index contributed by atoms with van der Waals surface area (Å²) in [6.45, 7) is 4.35. The van der Waals surface area contributed by atoms with Gasteiger partial charge in [-0.25, -0.2) is 17.2 Å². The molecular weight excluding hydrogens is 576 g/mol. The van der Waals surface area contributed by atoms with Gasteiger partial charge in [-0.15, -0.1) is 10.2 Å². The van der Waals surface area contributed by atoms with Crippen LogP contribution in [0.25, 0.3) is 27.2 Å². The van der Waals surface area contributed by atoms with Crippen LogP contribution in [0.2, 0.25) is 0 Å². The molecule has 3 aliphatic rings. The summed E-state index contributed by atoms with van der Waals surface area (Å²) in [5, 5.41) is 21.6. The maximum atomic E-state index is 13.6. The van der Waals surface area contributed by atoms with Crippen molar-refractivity contribution in [2.75, 3.05) is 13.2 Å². The number of halogens is 2. The third-order valence-corrected chi connectivity index (χ3v) is 10.1. The van der Waals surface area contributed by atoms with Gasteiger partial charge in [0.2, 0.25) is 15.9 Å². The Morgan fingerprint density at radius 1 is 1.27 bits per heavy atom. The summed E-state index contributed by atoms with van der Waals surface area (Å²) >= 11 is 0.689. The van der Waals surface area contributed by atoms with Crippen molar-refractivity contribution in [1.29, 1.82) is 5.26 Å². The minimum absolute atomic E-state index is 0.0180. The van der Waals surface area contributed by atoms with Crippen molar-refractivity contribution < 1.29 is 26.7 Å². The van der Waals surface area contributed by atoms with Gasteiger partial charge in [0.15, 0.2) is 10.0 Å². The van der Waals surface area contributed by atoms with Crippen LogP contribution in [0, 0.1) is 17.2 Å². The number of hydrogen-bond donors (Lipinski definition) is 1. The number of rotatable bonds is 7. The van der Waals surface area contributed by atoms with E-state index >= 15 is 0 Å². The average Bonchev–Trinajstić information content (AvgIpc) is 3.35. The van der Waals surface area contributed by atoms with Crippen LogP contribution < -0.4 is 4.72 Å². The summed E-state index contributed by atoms with van der Waals surface area (Å²) in [5.41, 5.74) is 1.07. The number of hydrogen-bond acceptors (Lipinski definition) is 9. The predicted molar refractivity (Wildman–Crippen MR) is 145 cm³/mol. The third kappa shape index (κ3) is 4.82. The van der Waals surface area contributed by atoms with Gasteiger partial charge < -0.3 is 9.64 Å². The molecule has 2 aromatic heterocycles. The van der Waals surface area contributed by atoms with Gasteiger partial charge in [0, 0.05) is 23.9 Å². The SMILES string of the molecule is CC(C)C(=O)N1C2C=C(c3cc(S(=O)(=O)NC4(C#N)CC4)cc4c(-c5nnc(C(F)F)s5)nn(C)c34)CC1COC2. The Balaban J connectivity index is 1.54. The number of nitrogens with one attached hydrogen (secondary N) is 1. The van der Waals surface area contributed by atoms with Crippen LogP contribution >= 0.6 is 11.3 Å². The third-order valence-electron chi connectivity index (χ3n) is 7.64. The van der Waals surface area contributed by atoms with E-state index in [0.717, 1.165) is 5.57 Å². The first-order valence-corrected chi connectivity index (χ1v) is 15.4. The Morgan fingerprint density at radius 3 is 2.63 bits per heavy atom. The zero-order valence-corrected chi connectivity index (χ0v) is 24.1. The number of morpholine rings is 1. The van der Waals surface area contributed by atoms with Crippen molar-refractivity contribution in [1.82, 2.24) is 29.6 Å². The molecule has 2 atom stereocenters. The fraction of sp³-hybridized carbons (Fsp3) is 0.500. The molecular formula is C26H27F2N7O4S2. The van der Waals surface area contributed by atoms with Crippen LogP contribution in [0.1, 0.15) is 50.1 Å². The molecule has 1 saturated carbocycles. The van der Waals surface area contributed by atoms with Gasteiger partial charge in [0.25, 0.3) is 6.43 Å². The second-order valence-corrected chi connectivity index (χ2v) is 13.6. The van der Waals surface area contributed by atoms with Gasteiger partial charge in [-0.05, 0) is 37.0 Å². The standard InChI is InChI=1S/C26H27F2N7O4S2/c1-13(2)25(36)35-15-6-14(7-16(35)11-39-10-15)18-8-17(41(37,38)33-26(12-29)4-5-26)9-19-20(32-34(3)21(18)19)23-30-31-24(40-23)22(27)28/h6,8-9,13,15-16,22,33H,4-5,7,10-11H2,1-3H3. The minimum atomic E-state index is -4.15. The molecule has 11 nitrogen and oxygen atoms in total. The number of sulfonamides is 1. The van der Waals surface area contributed by atoms with Crippen molar-refractivity contribution in [3.05, 3.63) is 28.8 Å². The summed E-state index contributed by atoms with van der Waals surface area (Å²) in [4.78, 5) is 14.8. The van der Waals surface area contributed by atoms with E-state index in [1.807, 2.05) is 30.9 Å². The van der Waals surface area contributed by atoms with Gasteiger partial charge in [0.1, 0.15) is 11.2 Å². The van der Waals surface area contributed by atoms with Crippen LogP contribution in [-0.2, 0) is 26.6 Å². The van der Waals surface area contributed by atoms with Crippen LogP contribution in [-0.4, -0.2) is 70.0 Å². The first kappa shape index (κ1) is 27.8. The number of nitrogens with zero attached hydrogens (tertiary/aromatic N) is 6. The highest BCUT2D eigenvalue weighted by Crippen LogP contribution is 2.42. The number of aryl methyl sites for hydroxylation is 1. The molecule has 15 heteroatoms. The normalized spacial score (nSPS) is 21.8. The van der Waals surface area contributed by atoms with Crippen LogP contribution in [0.5, 0.6) is 0 Å². The number of carbonyl (C=O) groups excluding carboxylic acids is 1. The molecule has 3 aromatic rings. The number of fused-ring (bicyclic) bond motifs is 3. The maximum Gasteiger partial charge on any atom is 0.291 e. The van der Waals surface area contributed by atoms with Gasteiger partial charge in [-0.2, -0.15) is 15.1 Å². The molecule has 0 spiro atoms. The van der Waals surface area contributed by atoms with Crippen LogP contribution in [0.15, 0.2) is 23.1 Å². The smallest absolute Gasteiger partial charge is 0.291 e. The van der Waals surface area contributed by atoms with E-state index in [4.69, 9.17) is 4.74 Å². The van der Waals surface area contributed by atoms with Crippen molar-refractivity contribution in [3.8, 4) is 16.8 Å². The molecule has 4 heterocycles. The molecule has 1 amide bonds. The highest BCUT2D eigenvalue weighted by Gasteiger charge is 2.47. The summed E-state index contributed by atoms with van der Waals surface area (Å²) < 4.78 is 63.6. The zero-order valence-electron chi connectivity index (χ0n) is 22.5. The molecule has 6 rings (SSSR count). The molecule has 41 heavy (non-hydrogen) atoms. The van der Waals surface area contributed by atoms with E-state index in [1.165, 1.54) is 6.07 Å². The number of benzene rings is 1. The molecule has 1 aliphatic carbocycles. The molecule has 0 radical (unpaired) electrons. The first-order chi connectivity index (χ1) is 19.4. The largest absolute Gasteiger partial charge is 0.377 e. The quantitative estimate of drug-likeness (QED) is 0.433. The summed E-state index contributed by atoms with van der Waals surface area (Å²) in [6.07, 6.45) is 0.353. The second kappa shape index (κ2) is 9.90. The van der Waals surface area contributed by atoms with Gasteiger partial charge >= 0.3 is 0 Å². The lowest BCUT2D eigenvalue weighted by atomic mass is 9.88. The van der Waals surface area contributed by atoms with Gasteiger partial charge in [-0.3, -0.25) is 9.48 Å². The van der Waals surface area contributed by atoms with Crippen molar-refractivity contribution in [2.45, 2.75) is 62.1 Å². The molecule has 1 N–H and O–H groups in total. The van der Waals surface area contributed by atoms with E-state index < -0.39 is 27.0 Å². The maximum absolute atomic E-state index is 13.6. The fourth-order valence-electron chi connectivity index (χ4n) is 5.48. The first-order valence-electron chi connectivity index (χ1n) is 13.1. The average molecular weight is 604 g/mol. The van der Waals surface area contributed by atoms with E-state index in [2.05, 4.69) is 20.0 Å². The lowest BCUT2D eigenvalue weighted by Gasteiger charge is -2.45. The summed E-state index contributed by atoms with van der Waals surface area (Å²) in [5.74, 6) is -0.178. The van der Waals surface area contributed by atoms with E-state index in [1.54, 1.807) is 17.8 Å². The Labute approximate surface area is 238 Å². The van der Waals surface area contributed by atoms with Crippen molar-refractivity contribution in [2.24, 2.45) is 13.0 Å². The van der Waals surface area contributed by atoms with Crippen molar-refractivity contribution in [3.63, 3.8) is 0 Å². The summed E-state index contributed by atoms with van der Waals surface area (Å²) in [7, 11) is -2.46. The Bertz CT molecular complexity index is 1740. The van der Waals surface area contributed by atoms with E-state index in [0.29, 0.717) is 60.3 Å². The molecule has 2 unspecified atom stereocenters. The Morgan fingerprint density at radius 2 is 2.02 bits per heavy atom. The molecule has 1 aromatic carbocycles. The Kier molecular flexibility index (Phi) is 6.72. The molecule has 2 bridgehead atoms. The highest BCUT2D eigenvalue weighted by atomic mass is 32.2. The lowest BCUT2D eigenvalue weighted by molar-refractivity contribution is -0.147. The van der Waals surface area contributed by atoms with E-state index in [9.17, 15) is 27.3 Å². The number of carbonyl (C=O) groups is 1. The topological polar surface area (TPSA) is 143 Å². The molecule has 2 aliphatic heterocycles. The monoisotopic (exact) mass is 603 g/mol. The molecule has 1 saturated heterocycles. The highest BCUT2D eigenvalue weighted by molar-refractivity contribution is 7.89. The zero-order chi connectivity index (χ0) is 29.3. The van der Waals surface area contributed by atoms with Crippen molar-refractivity contribution >= 4 is 43.7 Å². The number of nitriles is 1. The molecule has 216 valence electrons. The molecule has 2 fully saturated rings. The number of ether oxygens (including phenoxy) is 1. The van der Waals surface area contributed by atoms with Gasteiger partial charge in [0.05, 0.1) is 41.8 Å². The Hall–Kier alpha value is -3.32.